The van der Waals surface area contributed by atoms with Crippen LogP contribution in [0.15, 0.2) is 12.1 Å². The lowest BCUT2D eigenvalue weighted by molar-refractivity contribution is 0.478. The lowest BCUT2D eigenvalue weighted by atomic mass is 10.3. The summed E-state index contributed by atoms with van der Waals surface area (Å²) in [6.45, 7) is 6.56. The van der Waals surface area contributed by atoms with Gasteiger partial charge in [0.2, 0.25) is 0 Å². The average Bonchev–Trinajstić information content (AvgIpc) is 1.94. The molecule has 0 saturated carbocycles. The molecule has 0 unspecified atom stereocenters. The van der Waals surface area contributed by atoms with E-state index in [-0.39, 0.29) is 5.75 Å². The Morgan fingerprint density at radius 3 is 2.31 bits per heavy atom. The third-order valence-electron chi connectivity index (χ3n) is 1.92. The smallest absolute Gasteiger partial charge is 0.139 e. The maximum atomic E-state index is 9.30. The minimum atomic E-state index is -1.46. The van der Waals surface area contributed by atoms with Crippen LogP contribution in [-0.4, -0.2) is 13.2 Å². The zero-order valence-corrected chi connectivity index (χ0v) is 9.81. The summed E-state index contributed by atoms with van der Waals surface area (Å²) < 4.78 is 0. The molecule has 1 aromatic carbocycles. The molecule has 0 bridgehead atoms. The molecule has 0 fully saturated rings. The van der Waals surface area contributed by atoms with Gasteiger partial charge in [-0.2, -0.15) is 0 Å². The largest absolute Gasteiger partial charge is 0.506 e. The van der Waals surface area contributed by atoms with E-state index in [9.17, 15) is 5.11 Å². The Morgan fingerprint density at radius 2 is 1.85 bits per heavy atom. The van der Waals surface area contributed by atoms with E-state index in [1.807, 2.05) is 0 Å². The van der Waals surface area contributed by atoms with Crippen LogP contribution in [0, 0.1) is 0 Å². The van der Waals surface area contributed by atoms with Gasteiger partial charge in [0.15, 0.2) is 0 Å². The topological polar surface area (TPSA) is 46.2 Å². The summed E-state index contributed by atoms with van der Waals surface area (Å²) in [5.74, 6) is 0.0620. The van der Waals surface area contributed by atoms with Gasteiger partial charge < -0.3 is 10.8 Å². The molecule has 0 aliphatic heterocycles. The molecule has 1 rings (SSSR count). The highest BCUT2D eigenvalue weighted by atomic mass is 35.5. The quantitative estimate of drug-likeness (QED) is 0.429. The van der Waals surface area contributed by atoms with Gasteiger partial charge in [-0.3, -0.25) is 0 Å². The molecule has 0 amide bonds. The molecule has 1 aromatic rings. The number of aromatic hydroxyl groups is 1. The number of nitrogens with two attached hydrogens (primary N) is 1. The van der Waals surface area contributed by atoms with Gasteiger partial charge in [-0.1, -0.05) is 31.2 Å². The van der Waals surface area contributed by atoms with Gasteiger partial charge in [0.1, 0.15) is 5.75 Å². The number of benzene rings is 1. The number of hydrogen-bond acceptors (Lipinski definition) is 2. The van der Waals surface area contributed by atoms with Crippen LogP contribution in [0.25, 0.3) is 0 Å². The van der Waals surface area contributed by atoms with Crippen LogP contribution in [0.3, 0.4) is 0 Å². The van der Waals surface area contributed by atoms with Gasteiger partial charge in [-0.05, 0) is 11.3 Å². The van der Waals surface area contributed by atoms with Crippen molar-refractivity contribution in [3.63, 3.8) is 0 Å². The Balaban J connectivity index is 3.32. The second kappa shape index (κ2) is 3.23. The van der Waals surface area contributed by atoms with Crippen molar-refractivity contribution in [2.75, 3.05) is 5.73 Å². The van der Waals surface area contributed by atoms with Crippen LogP contribution >= 0.6 is 11.6 Å². The van der Waals surface area contributed by atoms with Crippen molar-refractivity contribution in [2.45, 2.75) is 19.6 Å². The molecule has 0 spiro atoms. The highest BCUT2D eigenvalue weighted by Gasteiger charge is 2.20. The molecule has 0 aliphatic rings. The minimum Gasteiger partial charge on any atom is -0.506 e. The van der Waals surface area contributed by atoms with Crippen LogP contribution in [0.2, 0.25) is 24.7 Å². The minimum absolute atomic E-state index is 0.0620. The van der Waals surface area contributed by atoms with E-state index in [1.165, 1.54) is 6.07 Å². The molecule has 2 nitrogen and oxygen atoms in total. The van der Waals surface area contributed by atoms with E-state index in [0.29, 0.717) is 10.7 Å². The molecule has 0 aliphatic carbocycles. The molecule has 0 heterocycles. The van der Waals surface area contributed by atoms with Gasteiger partial charge >= 0.3 is 0 Å². The molecule has 0 atom stereocenters. The van der Waals surface area contributed by atoms with Crippen molar-refractivity contribution in [3.8, 4) is 5.75 Å². The monoisotopic (exact) mass is 215 g/mol. The first-order valence-electron chi connectivity index (χ1n) is 4.11. The third-order valence-corrected chi connectivity index (χ3v) is 4.43. The van der Waals surface area contributed by atoms with E-state index in [2.05, 4.69) is 19.6 Å². The average molecular weight is 216 g/mol. The summed E-state index contributed by atoms with van der Waals surface area (Å²) in [6, 6.07) is 3.30. The first-order valence-corrected chi connectivity index (χ1v) is 7.98. The Hall–Kier alpha value is -0.673. The highest BCUT2D eigenvalue weighted by molar-refractivity contribution is 6.90. The van der Waals surface area contributed by atoms with Crippen LogP contribution in [-0.2, 0) is 0 Å². The van der Waals surface area contributed by atoms with Gasteiger partial charge in [-0.15, -0.1) is 0 Å². The lowest BCUT2D eigenvalue weighted by Crippen LogP contribution is -2.38. The molecule has 13 heavy (non-hydrogen) atoms. The van der Waals surface area contributed by atoms with Gasteiger partial charge in [-0.25, -0.2) is 0 Å². The molecule has 0 radical (unpaired) electrons. The van der Waals surface area contributed by atoms with Crippen LogP contribution in [0.5, 0.6) is 5.75 Å². The fourth-order valence-electron chi connectivity index (χ4n) is 1.15. The van der Waals surface area contributed by atoms with Crippen molar-refractivity contribution in [1.29, 1.82) is 0 Å². The number of rotatable bonds is 1. The zero-order valence-electron chi connectivity index (χ0n) is 8.06. The molecular weight excluding hydrogens is 202 g/mol. The van der Waals surface area contributed by atoms with Crippen LogP contribution in [0.4, 0.5) is 5.69 Å². The SMILES string of the molecule is C[Si](C)(C)c1cc(N)c(O)cc1Cl. The first-order chi connectivity index (χ1) is 5.82. The van der Waals surface area contributed by atoms with Crippen LogP contribution in [0.1, 0.15) is 0 Å². The molecule has 3 N–H and O–H groups in total. The van der Waals surface area contributed by atoms with Crippen molar-refractivity contribution >= 4 is 30.5 Å². The Morgan fingerprint density at radius 1 is 1.31 bits per heavy atom. The normalized spacial score (nSPS) is 11.7. The first kappa shape index (κ1) is 10.4. The predicted octanol–water partition coefficient (Wildman–Crippen LogP) is 2.17. The second-order valence-corrected chi connectivity index (χ2v) is 9.59. The highest BCUT2D eigenvalue weighted by Crippen LogP contribution is 2.24. The summed E-state index contributed by atoms with van der Waals surface area (Å²) in [5.41, 5.74) is 6.00. The summed E-state index contributed by atoms with van der Waals surface area (Å²) in [7, 11) is -1.46. The van der Waals surface area contributed by atoms with E-state index in [1.54, 1.807) is 6.07 Å². The summed E-state index contributed by atoms with van der Waals surface area (Å²) >= 11 is 6.01. The maximum Gasteiger partial charge on any atom is 0.139 e. The Kier molecular flexibility index (Phi) is 2.59. The van der Waals surface area contributed by atoms with Crippen molar-refractivity contribution < 1.29 is 5.11 Å². The van der Waals surface area contributed by atoms with Gasteiger partial charge in [0.25, 0.3) is 0 Å². The number of halogens is 1. The standard InChI is InChI=1S/C9H14ClNOSi/c1-13(2,3)9-5-7(11)8(12)4-6(9)10/h4-5,12H,11H2,1-3H3. The molecule has 72 valence electrons. The van der Waals surface area contributed by atoms with E-state index in [4.69, 9.17) is 17.3 Å². The summed E-state index contributed by atoms with van der Waals surface area (Å²) in [5, 5.41) is 11.0. The fraction of sp³-hybridized carbons (Fsp3) is 0.333. The number of phenols is 1. The molecular formula is C9H14ClNOSi. The van der Waals surface area contributed by atoms with E-state index < -0.39 is 8.07 Å². The van der Waals surface area contributed by atoms with Gasteiger partial charge in [0.05, 0.1) is 13.8 Å². The van der Waals surface area contributed by atoms with E-state index >= 15 is 0 Å². The van der Waals surface area contributed by atoms with Crippen molar-refractivity contribution in [3.05, 3.63) is 17.2 Å². The number of hydrogen-bond donors (Lipinski definition) is 2. The molecule has 4 heteroatoms. The Labute approximate surface area is 84.3 Å². The molecule has 0 saturated heterocycles. The Bertz CT molecular complexity index is 333. The molecule has 0 aromatic heterocycles. The number of anilines is 1. The maximum absolute atomic E-state index is 9.30. The van der Waals surface area contributed by atoms with Crippen molar-refractivity contribution in [1.82, 2.24) is 0 Å². The van der Waals surface area contributed by atoms with E-state index in [0.717, 1.165) is 5.19 Å². The zero-order chi connectivity index (χ0) is 10.2. The third kappa shape index (κ3) is 2.17. The predicted molar refractivity (Wildman–Crippen MR) is 60.5 cm³/mol. The number of nitrogen functional groups attached to an aromatic ring is 1. The second-order valence-electron chi connectivity index (χ2n) is 4.14. The summed E-state index contributed by atoms with van der Waals surface area (Å²) in [6.07, 6.45) is 0. The lowest BCUT2D eigenvalue weighted by Gasteiger charge is -2.19. The fourth-order valence-corrected chi connectivity index (χ4v) is 3.54. The van der Waals surface area contributed by atoms with Crippen LogP contribution < -0.4 is 10.9 Å². The van der Waals surface area contributed by atoms with Crippen molar-refractivity contribution in [2.24, 2.45) is 0 Å². The van der Waals surface area contributed by atoms with Gasteiger partial charge in [0, 0.05) is 11.1 Å². The number of phenolic OH excluding ortho intramolecular Hbond substituents is 1. The summed E-state index contributed by atoms with van der Waals surface area (Å²) in [4.78, 5) is 0.